The number of carbonyl (C=O) groups is 1. The summed E-state index contributed by atoms with van der Waals surface area (Å²) in [5.74, 6) is 1.13. The maximum Gasteiger partial charge on any atom is 0.219 e. The van der Waals surface area contributed by atoms with E-state index in [1.54, 1.807) is 13.1 Å². The lowest BCUT2D eigenvalue weighted by molar-refractivity contribution is -0.132. The number of aromatic nitrogens is 1. The number of hydrogen-bond donors (Lipinski definition) is 0. The molecule has 98 valence electrons. The normalized spacial score (nSPS) is 19.7. The third-order valence-corrected chi connectivity index (χ3v) is 3.51. The number of likely N-dealkylation sites (tertiary alicyclic amines) is 1. The number of nitrogens with zero attached hydrogens (tertiary/aromatic N) is 3. The smallest absolute Gasteiger partial charge is 0.219 e. The van der Waals surface area contributed by atoms with Gasteiger partial charge < -0.3 is 9.80 Å². The molecule has 4 heteroatoms. The summed E-state index contributed by atoms with van der Waals surface area (Å²) < 4.78 is 0. The van der Waals surface area contributed by atoms with Crippen molar-refractivity contribution in [2.75, 3.05) is 25.5 Å². The maximum atomic E-state index is 11.8. The summed E-state index contributed by atoms with van der Waals surface area (Å²) in [6.07, 6.45) is 5.12. The largest absolute Gasteiger partial charge is 0.362 e. The first-order valence-corrected chi connectivity index (χ1v) is 6.50. The minimum atomic E-state index is 0.160. The SMILES string of the molecule is CC(=O)N1CCCCC1c1cccnc1N(C)C. The molecular formula is C14H21N3O. The van der Waals surface area contributed by atoms with E-state index in [2.05, 4.69) is 11.1 Å². The third kappa shape index (κ3) is 2.47. The summed E-state index contributed by atoms with van der Waals surface area (Å²) in [5, 5.41) is 0. The Balaban J connectivity index is 2.36. The molecule has 2 rings (SSSR count). The van der Waals surface area contributed by atoms with Crippen LogP contribution in [0.4, 0.5) is 5.82 Å². The second-order valence-corrected chi connectivity index (χ2v) is 5.03. The Morgan fingerprint density at radius 3 is 2.89 bits per heavy atom. The highest BCUT2D eigenvalue weighted by Crippen LogP contribution is 2.34. The van der Waals surface area contributed by atoms with Crippen LogP contribution in [0.5, 0.6) is 0 Å². The van der Waals surface area contributed by atoms with Gasteiger partial charge in [-0.05, 0) is 25.3 Å². The maximum absolute atomic E-state index is 11.8. The molecule has 18 heavy (non-hydrogen) atoms. The zero-order valence-electron chi connectivity index (χ0n) is 11.4. The van der Waals surface area contributed by atoms with Gasteiger partial charge in [-0.3, -0.25) is 4.79 Å². The van der Waals surface area contributed by atoms with Crippen molar-refractivity contribution >= 4 is 11.7 Å². The Morgan fingerprint density at radius 2 is 2.22 bits per heavy atom. The van der Waals surface area contributed by atoms with Gasteiger partial charge in [-0.2, -0.15) is 0 Å². The molecule has 1 aliphatic heterocycles. The van der Waals surface area contributed by atoms with Crippen LogP contribution in [-0.4, -0.2) is 36.4 Å². The average Bonchev–Trinajstić information content (AvgIpc) is 2.38. The van der Waals surface area contributed by atoms with E-state index in [4.69, 9.17) is 0 Å². The molecule has 1 unspecified atom stereocenters. The molecule has 0 aliphatic carbocycles. The van der Waals surface area contributed by atoms with Crippen LogP contribution in [0.1, 0.15) is 37.8 Å². The predicted octanol–water partition coefficient (Wildman–Crippen LogP) is 2.22. The van der Waals surface area contributed by atoms with Crippen LogP contribution in [0.15, 0.2) is 18.3 Å². The fourth-order valence-corrected chi connectivity index (χ4v) is 2.67. The van der Waals surface area contributed by atoms with Crippen molar-refractivity contribution in [1.82, 2.24) is 9.88 Å². The number of piperidine rings is 1. The van der Waals surface area contributed by atoms with Gasteiger partial charge in [0, 0.05) is 39.3 Å². The molecule has 0 aromatic carbocycles. The molecule has 0 spiro atoms. The standard InChI is InChI=1S/C14H21N3O/c1-11(18)17-10-5-4-8-13(17)12-7-6-9-15-14(12)16(2)3/h6-7,9,13H,4-5,8,10H2,1-3H3. The van der Waals surface area contributed by atoms with Crippen LogP contribution in [0.2, 0.25) is 0 Å². The summed E-state index contributed by atoms with van der Waals surface area (Å²) in [4.78, 5) is 20.2. The fourth-order valence-electron chi connectivity index (χ4n) is 2.67. The summed E-state index contributed by atoms with van der Waals surface area (Å²) >= 11 is 0. The van der Waals surface area contributed by atoms with Crippen molar-refractivity contribution in [3.63, 3.8) is 0 Å². The minimum absolute atomic E-state index is 0.160. The monoisotopic (exact) mass is 247 g/mol. The second-order valence-electron chi connectivity index (χ2n) is 5.03. The molecular weight excluding hydrogens is 226 g/mol. The molecule has 1 amide bonds. The molecule has 1 aliphatic rings. The molecule has 4 nitrogen and oxygen atoms in total. The van der Waals surface area contributed by atoms with Gasteiger partial charge in [-0.1, -0.05) is 6.07 Å². The molecule has 1 atom stereocenters. The molecule has 1 aromatic rings. The zero-order chi connectivity index (χ0) is 13.1. The highest BCUT2D eigenvalue weighted by atomic mass is 16.2. The zero-order valence-corrected chi connectivity index (χ0v) is 11.4. The van der Waals surface area contributed by atoms with Crippen LogP contribution in [0.3, 0.4) is 0 Å². The molecule has 0 N–H and O–H groups in total. The van der Waals surface area contributed by atoms with Crippen molar-refractivity contribution < 1.29 is 4.79 Å². The lowest BCUT2D eigenvalue weighted by Crippen LogP contribution is -2.37. The van der Waals surface area contributed by atoms with Gasteiger partial charge >= 0.3 is 0 Å². The van der Waals surface area contributed by atoms with Crippen LogP contribution < -0.4 is 4.90 Å². The first kappa shape index (κ1) is 12.9. The predicted molar refractivity (Wildman–Crippen MR) is 72.5 cm³/mol. The van der Waals surface area contributed by atoms with Crippen molar-refractivity contribution in [2.45, 2.75) is 32.2 Å². The highest BCUT2D eigenvalue weighted by molar-refractivity contribution is 5.74. The number of amides is 1. The van der Waals surface area contributed by atoms with E-state index in [1.807, 2.05) is 30.0 Å². The Kier molecular flexibility index (Phi) is 3.84. The van der Waals surface area contributed by atoms with Crippen molar-refractivity contribution in [1.29, 1.82) is 0 Å². The van der Waals surface area contributed by atoms with E-state index >= 15 is 0 Å². The van der Waals surface area contributed by atoms with Crippen molar-refractivity contribution in [2.24, 2.45) is 0 Å². The summed E-state index contributed by atoms with van der Waals surface area (Å²) in [6, 6.07) is 4.23. The number of hydrogen-bond acceptors (Lipinski definition) is 3. The van der Waals surface area contributed by atoms with Crippen LogP contribution in [0.25, 0.3) is 0 Å². The van der Waals surface area contributed by atoms with E-state index in [0.717, 1.165) is 30.8 Å². The topological polar surface area (TPSA) is 36.4 Å². The Labute approximate surface area is 109 Å². The number of carbonyl (C=O) groups excluding carboxylic acids is 1. The summed E-state index contributed by atoms with van der Waals surface area (Å²) in [5.41, 5.74) is 1.16. The fraction of sp³-hybridized carbons (Fsp3) is 0.571. The van der Waals surface area contributed by atoms with E-state index in [9.17, 15) is 4.79 Å². The number of pyridine rings is 1. The van der Waals surface area contributed by atoms with E-state index in [-0.39, 0.29) is 11.9 Å². The Bertz CT molecular complexity index is 431. The molecule has 1 aromatic heterocycles. The molecule has 0 saturated carbocycles. The van der Waals surface area contributed by atoms with Crippen LogP contribution in [-0.2, 0) is 4.79 Å². The van der Waals surface area contributed by atoms with Gasteiger partial charge in [0.1, 0.15) is 5.82 Å². The van der Waals surface area contributed by atoms with E-state index in [1.165, 1.54) is 6.42 Å². The molecule has 2 heterocycles. The summed E-state index contributed by atoms with van der Waals surface area (Å²) in [6.45, 7) is 2.52. The molecule has 0 bridgehead atoms. The van der Waals surface area contributed by atoms with Crippen LogP contribution in [0, 0.1) is 0 Å². The number of rotatable bonds is 2. The molecule has 0 radical (unpaired) electrons. The Morgan fingerprint density at radius 1 is 1.44 bits per heavy atom. The van der Waals surface area contributed by atoms with Gasteiger partial charge in [0.15, 0.2) is 0 Å². The van der Waals surface area contributed by atoms with Gasteiger partial charge in [-0.15, -0.1) is 0 Å². The average molecular weight is 247 g/mol. The van der Waals surface area contributed by atoms with E-state index < -0.39 is 0 Å². The lowest BCUT2D eigenvalue weighted by atomic mass is 9.95. The van der Waals surface area contributed by atoms with Crippen LogP contribution >= 0.6 is 0 Å². The van der Waals surface area contributed by atoms with Crippen molar-refractivity contribution in [3.8, 4) is 0 Å². The lowest BCUT2D eigenvalue weighted by Gasteiger charge is -2.36. The van der Waals surface area contributed by atoms with E-state index in [0.29, 0.717) is 0 Å². The quantitative estimate of drug-likeness (QED) is 0.804. The summed E-state index contributed by atoms with van der Waals surface area (Å²) in [7, 11) is 3.99. The first-order valence-electron chi connectivity index (χ1n) is 6.50. The van der Waals surface area contributed by atoms with Crippen molar-refractivity contribution in [3.05, 3.63) is 23.9 Å². The third-order valence-electron chi connectivity index (χ3n) is 3.51. The Hall–Kier alpha value is -1.58. The van der Waals surface area contributed by atoms with Gasteiger partial charge in [0.25, 0.3) is 0 Å². The highest BCUT2D eigenvalue weighted by Gasteiger charge is 2.28. The molecule has 1 saturated heterocycles. The van der Waals surface area contributed by atoms with Gasteiger partial charge in [0.05, 0.1) is 6.04 Å². The first-order chi connectivity index (χ1) is 8.61. The second kappa shape index (κ2) is 5.38. The minimum Gasteiger partial charge on any atom is -0.362 e. The van der Waals surface area contributed by atoms with Gasteiger partial charge in [-0.25, -0.2) is 4.98 Å². The van der Waals surface area contributed by atoms with Gasteiger partial charge in [0.2, 0.25) is 5.91 Å². The molecule has 1 fully saturated rings. The number of anilines is 1.